The van der Waals surface area contributed by atoms with Crippen molar-refractivity contribution < 1.29 is 19.2 Å². The van der Waals surface area contributed by atoms with E-state index in [1.807, 2.05) is 32.9 Å². The highest BCUT2D eigenvalue weighted by molar-refractivity contribution is 6.46. The fraction of sp³-hybridized carbons (Fsp3) is 0.154. The average molecular weight is 457 g/mol. The largest absolute Gasteiger partial charge is 0.494 e. The first-order chi connectivity index (χ1) is 16.3. The van der Waals surface area contributed by atoms with Crippen LogP contribution in [0, 0.1) is 24.0 Å². The van der Waals surface area contributed by atoms with Crippen molar-refractivity contribution >= 4 is 34.4 Å². The van der Waals surface area contributed by atoms with Crippen LogP contribution in [-0.2, 0) is 9.59 Å². The number of hydrogen-bond acceptors (Lipinski definition) is 6. The minimum absolute atomic E-state index is 0.0911. The SMILES string of the molecule is CCOc1cccc(NC2=C(c3ccc([N+](=O)[O-])cc3)C(=O)N(c3cc(C)ccc3C)C2=O)c1. The number of carbonyl (C=O) groups is 2. The number of anilines is 2. The summed E-state index contributed by atoms with van der Waals surface area (Å²) in [5.41, 5.74) is 3.28. The Morgan fingerprint density at radius 1 is 0.971 bits per heavy atom. The molecule has 0 unspecified atom stereocenters. The normalized spacial score (nSPS) is 13.4. The maximum absolute atomic E-state index is 13.6. The zero-order valence-corrected chi connectivity index (χ0v) is 19.0. The Balaban J connectivity index is 1.83. The highest BCUT2D eigenvalue weighted by Gasteiger charge is 2.41. The Morgan fingerprint density at radius 3 is 2.38 bits per heavy atom. The zero-order valence-electron chi connectivity index (χ0n) is 19.0. The number of benzene rings is 3. The molecule has 1 aliphatic rings. The lowest BCUT2D eigenvalue weighted by Crippen LogP contribution is -2.33. The molecular weight excluding hydrogens is 434 g/mol. The van der Waals surface area contributed by atoms with E-state index in [-0.39, 0.29) is 17.0 Å². The topological polar surface area (TPSA) is 102 Å². The molecule has 0 fully saturated rings. The van der Waals surface area contributed by atoms with Gasteiger partial charge in [-0.3, -0.25) is 19.7 Å². The summed E-state index contributed by atoms with van der Waals surface area (Å²) in [6, 6.07) is 18.2. The standard InChI is InChI=1S/C26H23N3O5/c1-4-34-21-7-5-6-19(15-21)27-24-23(18-10-12-20(13-11-18)29(32)33)25(30)28(26(24)31)22-14-16(2)8-9-17(22)3/h5-15,27H,4H2,1-3H3. The van der Waals surface area contributed by atoms with Gasteiger partial charge in [0.15, 0.2) is 0 Å². The van der Waals surface area contributed by atoms with Crippen LogP contribution in [0.3, 0.4) is 0 Å². The molecule has 34 heavy (non-hydrogen) atoms. The van der Waals surface area contributed by atoms with Gasteiger partial charge in [-0.15, -0.1) is 0 Å². The lowest BCUT2D eigenvalue weighted by molar-refractivity contribution is -0.384. The minimum Gasteiger partial charge on any atom is -0.494 e. The number of ether oxygens (including phenoxy) is 1. The van der Waals surface area contributed by atoms with Crippen molar-refractivity contribution in [3.05, 3.63) is 99.2 Å². The van der Waals surface area contributed by atoms with E-state index in [4.69, 9.17) is 4.74 Å². The van der Waals surface area contributed by atoms with Crippen LogP contribution in [-0.4, -0.2) is 23.3 Å². The minimum atomic E-state index is -0.513. The van der Waals surface area contributed by atoms with Gasteiger partial charge < -0.3 is 10.1 Å². The molecule has 8 nitrogen and oxygen atoms in total. The lowest BCUT2D eigenvalue weighted by atomic mass is 10.0. The van der Waals surface area contributed by atoms with E-state index in [2.05, 4.69) is 5.32 Å². The van der Waals surface area contributed by atoms with Crippen LogP contribution >= 0.6 is 0 Å². The lowest BCUT2D eigenvalue weighted by Gasteiger charge is -2.18. The maximum atomic E-state index is 13.6. The van der Waals surface area contributed by atoms with E-state index >= 15 is 0 Å². The van der Waals surface area contributed by atoms with Crippen LogP contribution in [0.25, 0.3) is 5.57 Å². The van der Waals surface area contributed by atoms with Crippen molar-refractivity contribution in [1.29, 1.82) is 0 Å². The molecule has 0 aromatic heterocycles. The van der Waals surface area contributed by atoms with E-state index in [0.717, 1.165) is 16.0 Å². The summed E-state index contributed by atoms with van der Waals surface area (Å²) in [4.78, 5) is 38.9. The molecular formula is C26H23N3O5. The molecule has 3 aromatic carbocycles. The molecule has 0 bridgehead atoms. The first-order valence-corrected chi connectivity index (χ1v) is 10.7. The van der Waals surface area contributed by atoms with Gasteiger partial charge in [-0.1, -0.05) is 18.2 Å². The van der Waals surface area contributed by atoms with Gasteiger partial charge in [-0.2, -0.15) is 0 Å². The second-order valence-electron chi connectivity index (χ2n) is 7.88. The van der Waals surface area contributed by atoms with Crippen molar-refractivity contribution in [2.24, 2.45) is 0 Å². The zero-order chi connectivity index (χ0) is 24.4. The van der Waals surface area contributed by atoms with Crippen LogP contribution in [0.4, 0.5) is 17.1 Å². The van der Waals surface area contributed by atoms with Gasteiger partial charge in [0.1, 0.15) is 11.4 Å². The Bertz CT molecular complexity index is 1330. The summed E-state index contributed by atoms with van der Waals surface area (Å²) < 4.78 is 5.54. The monoisotopic (exact) mass is 457 g/mol. The van der Waals surface area contributed by atoms with Crippen molar-refractivity contribution in [3.8, 4) is 5.75 Å². The molecule has 172 valence electrons. The first kappa shape index (κ1) is 22.7. The second kappa shape index (κ2) is 9.19. The Kier molecular flexibility index (Phi) is 6.14. The molecule has 1 heterocycles. The Labute approximate surface area is 196 Å². The summed E-state index contributed by atoms with van der Waals surface area (Å²) in [7, 11) is 0. The molecule has 0 saturated heterocycles. The van der Waals surface area contributed by atoms with Crippen molar-refractivity contribution in [1.82, 2.24) is 0 Å². The maximum Gasteiger partial charge on any atom is 0.282 e. The van der Waals surface area contributed by atoms with Gasteiger partial charge in [-0.25, -0.2) is 4.90 Å². The molecule has 0 aliphatic carbocycles. The summed E-state index contributed by atoms with van der Waals surface area (Å²) in [6.45, 7) is 6.07. The number of nitrogens with one attached hydrogen (secondary N) is 1. The van der Waals surface area contributed by atoms with Crippen molar-refractivity contribution in [3.63, 3.8) is 0 Å². The number of aryl methyl sites for hydroxylation is 2. The summed E-state index contributed by atoms with van der Waals surface area (Å²) in [6.07, 6.45) is 0. The smallest absolute Gasteiger partial charge is 0.282 e. The number of nitro benzene ring substituents is 1. The fourth-order valence-electron chi connectivity index (χ4n) is 3.82. The predicted octanol–water partition coefficient (Wildman–Crippen LogP) is 5.01. The van der Waals surface area contributed by atoms with Gasteiger partial charge in [0.05, 0.1) is 22.8 Å². The molecule has 0 spiro atoms. The molecule has 4 rings (SSSR count). The van der Waals surface area contributed by atoms with Crippen molar-refractivity contribution in [2.75, 3.05) is 16.8 Å². The average Bonchev–Trinajstić information content (AvgIpc) is 3.05. The number of nitro groups is 1. The Morgan fingerprint density at radius 2 is 1.71 bits per heavy atom. The van der Waals surface area contributed by atoms with Gasteiger partial charge in [0.25, 0.3) is 17.5 Å². The third-order valence-electron chi connectivity index (χ3n) is 5.47. The number of carbonyl (C=O) groups excluding carboxylic acids is 2. The van der Waals surface area contributed by atoms with Gasteiger partial charge in [-0.05, 0) is 67.8 Å². The van der Waals surface area contributed by atoms with E-state index in [1.54, 1.807) is 30.3 Å². The van der Waals surface area contributed by atoms with E-state index in [9.17, 15) is 19.7 Å². The molecule has 0 atom stereocenters. The van der Waals surface area contributed by atoms with Crippen molar-refractivity contribution in [2.45, 2.75) is 20.8 Å². The van der Waals surface area contributed by atoms with Crippen LogP contribution in [0.5, 0.6) is 5.75 Å². The first-order valence-electron chi connectivity index (χ1n) is 10.7. The third kappa shape index (κ3) is 4.25. The van der Waals surface area contributed by atoms with E-state index in [1.165, 1.54) is 24.3 Å². The molecule has 0 radical (unpaired) electrons. The number of amides is 2. The number of rotatable bonds is 7. The second-order valence-corrected chi connectivity index (χ2v) is 7.88. The van der Waals surface area contributed by atoms with E-state index < -0.39 is 16.7 Å². The van der Waals surface area contributed by atoms with Gasteiger partial charge >= 0.3 is 0 Å². The number of non-ortho nitro benzene ring substituents is 1. The molecule has 3 aromatic rings. The number of imide groups is 1. The third-order valence-corrected chi connectivity index (χ3v) is 5.47. The van der Waals surface area contributed by atoms with Crippen LogP contribution in [0.1, 0.15) is 23.6 Å². The summed E-state index contributed by atoms with van der Waals surface area (Å²) >= 11 is 0. The Hall–Kier alpha value is -4.46. The molecule has 1 aliphatic heterocycles. The summed E-state index contributed by atoms with van der Waals surface area (Å²) in [5.74, 6) is -0.391. The molecule has 8 heteroatoms. The molecule has 2 amide bonds. The molecule has 1 N–H and O–H groups in total. The summed E-state index contributed by atoms with van der Waals surface area (Å²) in [5, 5.41) is 14.2. The highest BCUT2D eigenvalue weighted by Crippen LogP contribution is 2.36. The molecule has 0 saturated carbocycles. The number of hydrogen-bond donors (Lipinski definition) is 1. The highest BCUT2D eigenvalue weighted by atomic mass is 16.6. The number of nitrogens with zero attached hydrogens (tertiary/aromatic N) is 2. The van der Waals surface area contributed by atoms with Crippen LogP contribution in [0.15, 0.2) is 72.4 Å². The van der Waals surface area contributed by atoms with Crippen LogP contribution in [0.2, 0.25) is 0 Å². The van der Waals surface area contributed by atoms with Gasteiger partial charge in [0, 0.05) is 23.9 Å². The van der Waals surface area contributed by atoms with Gasteiger partial charge in [0.2, 0.25) is 0 Å². The quantitative estimate of drug-likeness (QED) is 0.304. The van der Waals surface area contributed by atoms with E-state index in [0.29, 0.717) is 29.3 Å². The predicted molar refractivity (Wildman–Crippen MR) is 130 cm³/mol. The van der Waals surface area contributed by atoms with Crippen LogP contribution < -0.4 is 15.0 Å². The fourth-order valence-corrected chi connectivity index (χ4v) is 3.82.